The van der Waals surface area contributed by atoms with E-state index in [1.807, 2.05) is 7.11 Å². The first-order valence-corrected chi connectivity index (χ1v) is 7.29. The fraction of sp³-hybridized carbons (Fsp3) is 1.00. The highest BCUT2D eigenvalue weighted by molar-refractivity contribution is 4.80. The van der Waals surface area contributed by atoms with Gasteiger partial charge in [-0.2, -0.15) is 0 Å². The maximum absolute atomic E-state index is 5.37. The monoisotopic (exact) mass is 240 g/mol. The van der Waals surface area contributed by atoms with Gasteiger partial charge in [-0.25, -0.2) is 0 Å². The van der Waals surface area contributed by atoms with E-state index in [9.17, 15) is 0 Å². The summed E-state index contributed by atoms with van der Waals surface area (Å²) in [4.78, 5) is 5.31. The van der Waals surface area contributed by atoms with Crippen molar-refractivity contribution in [2.24, 2.45) is 0 Å². The molecule has 0 amide bonds. The highest BCUT2D eigenvalue weighted by Gasteiger charge is 2.24. The van der Waals surface area contributed by atoms with E-state index in [1.165, 1.54) is 58.3 Å². The molecule has 1 heterocycles. The van der Waals surface area contributed by atoms with Gasteiger partial charge in [-0.3, -0.25) is 9.80 Å². The Balaban J connectivity index is 1.76. The molecule has 100 valence electrons. The van der Waals surface area contributed by atoms with Crippen LogP contribution in [0.3, 0.4) is 0 Å². The van der Waals surface area contributed by atoms with Gasteiger partial charge >= 0.3 is 0 Å². The Morgan fingerprint density at radius 2 is 1.82 bits per heavy atom. The maximum Gasteiger partial charge on any atom is 0.0670 e. The van der Waals surface area contributed by atoms with E-state index in [2.05, 4.69) is 16.7 Å². The first kappa shape index (κ1) is 13.3. The lowest BCUT2D eigenvalue weighted by Gasteiger charge is -2.27. The predicted octanol–water partition coefficient (Wildman–Crippen LogP) is 1.97. The molecule has 1 saturated carbocycles. The van der Waals surface area contributed by atoms with Crippen LogP contribution in [0.4, 0.5) is 0 Å². The molecule has 2 rings (SSSR count). The summed E-state index contributed by atoms with van der Waals surface area (Å²) >= 11 is 0. The topological polar surface area (TPSA) is 15.7 Å². The molecule has 1 saturated heterocycles. The number of rotatable bonds is 4. The van der Waals surface area contributed by atoms with Gasteiger partial charge in [0.15, 0.2) is 0 Å². The predicted molar refractivity (Wildman–Crippen MR) is 71.4 cm³/mol. The first-order chi connectivity index (χ1) is 8.29. The molecule has 0 aromatic heterocycles. The minimum atomic E-state index is 0.369. The molecule has 2 fully saturated rings. The van der Waals surface area contributed by atoms with Crippen LogP contribution in [0.1, 0.15) is 39.0 Å². The summed E-state index contributed by atoms with van der Waals surface area (Å²) in [6, 6.07) is 0.898. The molecule has 2 aliphatic rings. The van der Waals surface area contributed by atoms with Crippen LogP contribution in [-0.2, 0) is 4.74 Å². The van der Waals surface area contributed by atoms with Crippen molar-refractivity contribution in [3.63, 3.8) is 0 Å². The van der Waals surface area contributed by atoms with Gasteiger partial charge in [-0.05, 0) is 39.3 Å². The summed E-state index contributed by atoms with van der Waals surface area (Å²) in [5.41, 5.74) is 0. The van der Waals surface area contributed by atoms with Crippen molar-refractivity contribution in [1.82, 2.24) is 9.80 Å². The van der Waals surface area contributed by atoms with Crippen LogP contribution in [0.15, 0.2) is 0 Å². The second-order valence-corrected chi connectivity index (χ2v) is 5.67. The van der Waals surface area contributed by atoms with E-state index in [4.69, 9.17) is 4.74 Å². The van der Waals surface area contributed by atoms with Gasteiger partial charge in [0.2, 0.25) is 0 Å². The van der Waals surface area contributed by atoms with Crippen molar-refractivity contribution < 1.29 is 4.74 Å². The van der Waals surface area contributed by atoms with Crippen LogP contribution in [-0.4, -0.2) is 61.8 Å². The first-order valence-electron chi connectivity index (χ1n) is 7.29. The third kappa shape index (κ3) is 3.94. The van der Waals surface area contributed by atoms with E-state index < -0.39 is 0 Å². The third-order valence-electron chi connectivity index (χ3n) is 4.38. The van der Waals surface area contributed by atoms with Gasteiger partial charge in [0.05, 0.1) is 6.10 Å². The summed E-state index contributed by atoms with van der Waals surface area (Å²) < 4.78 is 5.37. The summed E-state index contributed by atoms with van der Waals surface area (Å²) in [5, 5.41) is 0. The summed E-state index contributed by atoms with van der Waals surface area (Å²) in [6.45, 7) is 8.30. The minimum Gasteiger partial charge on any atom is -0.380 e. The van der Waals surface area contributed by atoms with Crippen LogP contribution < -0.4 is 0 Å². The molecule has 0 radical (unpaired) electrons. The Morgan fingerprint density at radius 1 is 1.06 bits per heavy atom. The zero-order valence-electron chi connectivity index (χ0n) is 11.5. The van der Waals surface area contributed by atoms with Gasteiger partial charge in [-0.1, -0.05) is 12.8 Å². The average Bonchev–Trinajstić information content (AvgIpc) is 2.77. The molecular weight excluding hydrogens is 212 g/mol. The van der Waals surface area contributed by atoms with Gasteiger partial charge in [0.25, 0.3) is 0 Å². The Morgan fingerprint density at radius 3 is 2.53 bits per heavy atom. The minimum absolute atomic E-state index is 0.369. The summed E-state index contributed by atoms with van der Waals surface area (Å²) in [7, 11) is 1.81. The molecule has 17 heavy (non-hydrogen) atoms. The molecular formula is C14H28N2O. The van der Waals surface area contributed by atoms with E-state index in [1.54, 1.807) is 0 Å². The molecule has 1 unspecified atom stereocenters. The highest BCUT2D eigenvalue weighted by Crippen LogP contribution is 2.24. The molecule has 3 heteroatoms. The smallest absolute Gasteiger partial charge is 0.0670 e. The van der Waals surface area contributed by atoms with E-state index in [0.29, 0.717) is 6.10 Å². The quantitative estimate of drug-likeness (QED) is 0.747. The average molecular weight is 240 g/mol. The molecule has 0 N–H and O–H groups in total. The fourth-order valence-corrected chi connectivity index (χ4v) is 3.25. The van der Waals surface area contributed by atoms with Crippen molar-refractivity contribution in [2.75, 3.05) is 39.8 Å². The zero-order chi connectivity index (χ0) is 12.1. The molecule has 0 spiro atoms. The van der Waals surface area contributed by atoms with E-state index in [0.717, 1.165) is 12.6 Å². The highest BCUT2D eigenvalue weighted by atomic mass is 16.5. The lowest BCUT2D eigenvalue weighted by Crippen LogP contribution is -2.38. The SMILES string of the molecule is COC(C)CN1CCCN(C2CCCC2)CC1. The molecule has 1 aliphatic heterocycles. The molecule has 0 aromatic rings. The van der Waals surface area contributed by atoms with Crippen molar-refractivity contribution in [3.8, 4) is 0 Å². The van der Waals surface area contributed by atoms with E-state index in [-0.39, 0.29) is 0 Å². The largest absolute Gasteiger partial charge is 0.380 e. The van der Waals surface area contributed by atoms with Gasteiger partial charge in [-0.15, -0.1) is 0 Å². The number of hydrogen-bond acceptors (Lipinski definition) is 3. The van der Waals surface area contributed by atoms with Gasteiger partial charge in [0.1, 0.15) is 0 Å². The molecule has 3 nitrogen and oxygen atoms in total. The summed E-state index contributed by atoms with van der Waals surface area (Å²) in [5.74, 6) is 0. The lowest BCUT2D eigenvalue weighted by molar-refractivity contribution is 0.0775. The van der Waals surface area contributed by atoms with Crippen LogP contribution in [0.25, 0.3) is 0 Å². The lowest BCUT2D eigenvalue weighted by atomic mass is 10.2. The third-order valence-corrected chi connectivity index (χ3v) is 4.38. The summed E-state index contributed by atoms with van der Waals surface area (Å²) in [6.07, 6.45) is 7.47. The Labute approximate surface area is 106 Å². The molecule has 0 aromatic carbocycles. The van der Waals surface area contributed by atoms with Crippen LogP contribution in [0.5, 0.6) is 0 Å². The van der Waals surface area contributed by atoms with Crippen LogP contribution in [0, 0.1) is 0 Å². The number of ether oxygens (including phenoxy) is 1. The van der Waals surface area contributed by atoms with Crippen LogP contribution >= 0.6 is 0 Å². The Bertz CT molecular complexity index is 216. The van der Waals surface area contributed by atoms with E-state index >= 15 is 0 Å². The fourth-order valence-electron chi connectivity index (χ4n) is 3.25. The zero-order valence-corrected chi connectivity index (χ0v) is 11.5. The Hall–Kier alpha value is -0.120. The van der Waals surface area contributed by atoms with Crippen molar-refractivity contribution in [1.29, 1.82) is 0 Å². The number of hydrogen-bond donors (Lipinski definition) is 0. The second kappa shape index (κ2) is 6.72. The Kier molecular flexibility index (Phi) is 5.26. The maximum atomic E-state index is 5.37. The normalized spacial score (nSPS) is 27.2. The number of nitrogens with zero attached hydrogens (tertiary/aromatic N) is 2. The van der Waals surface area contributed by atoms with Crippen molar-refractivity contribution in [3.05, 3.63) is 0 Å². The van der Waals surface area contributed by atoms with Gasteiger partial charge in [0, 0.05) is 32.8 Å². The molecule has 1 aliphatic carbocycles. The molecule has 0 bridgehead atoms. The molecule has 1 atom stereocenters. The van der Waals surface area contributed by atoms with Gasteiger partial charge < -0.3 is 4.74 Å². The second-order valence-electron chi connectivity index (χ2n) is 5.67. The van der Waals surface area contributed by atoms with Crippen molar-refractivity contribution >= 4 is 0 Å². The van der Waals surface area contributed by atoms with Crippen LogP contribution in [0.2, 0.25) is 0 Å². The van der Waals surface area contributed by atoms with Crippen molar-refractivity contribution in [2.45, 2.75) is 51.2 Å². The standard InChI is InChI=1S/C14H28N2O/c1-13(17-2)12-15-8-5-9-16(11-10-15)14-6-3-4-7-14/h13-14H,3-12H2,1-2H3. The number of methoxy groups -OCH3 is 1.